The van der Waals surface area contributed by atoms with Gasteiger partial charge in [-0.1, -0.05) is 24.3 Å². The number of hydrogen-bond donors (Lipinski definition) is 1. The summed E-state index contributed by atoms with van der Waals surface area (Å²) in [5.41, 5.74) is 2.71. The van der Waals surface area contributed by atoms with Crippen LogP contribution in [-0.2, 0) is 13.0 Å². The lowest BCUT2D eigenvalue weighted by Crippen LogP contribution is -2.28. The Labute approximate surface area is 112 Å². The number of fused-ring (bicyclic) bond motifs is 1. The lowest BCUT2D eigenvalue weighted by molar-refractivity contribution is 0.321. The van der Waals surface area contributed by atoms with Crippen LogP contribution < -0.4 is 10.2 Å². The van der Waals surface area contributed by atoms with E-state index in [4.69, 9.17) is 4.52 Å². The fraction of sp³-hybridized carbons (Fsp3) is 0.429. The van der Waals surface area contributed by atoms with Crippen LogP contribution in [0.1, 0.15) is 30.0 Å². The highest BCUT2D eigenvalue weighted by atomic mass is 16.5. The molecule has 2 heterocycles. The number of benzene rings is 1. The Hall–Kier alpha value is -1.88. The van der Waals surface area contributed by atoms with E-state index in [0.717, 1.165) is 19.5 Å². The van der Waals surface area contributed by atoms with Crippen molar-refractivity contribution in [3.05, 3.63) is 41.3 Å². The van der Waals surface area contributed by atoms with Crippen LogP contribution in [0.4, 0.5) is 5.95 Å². The number of anilines is 1. The zero-order valence-corrected chi connectivity index (χ0v) is 11.3. The van der Waals surface area contributed by atoms with E-state index >= 15 is 0 Å². The van der Waals surface area contributed by atoms with E-state index in [1.54, 1.807) is 0 Å². The van der Waals surface area contributed by atoms with Gasteiger partial charge >= 0.3 is 0 Å². The number of nitrogens with one attached hydrogen (secondary N) is 1. The smallest absolute Gasteiger partial charge is 0.265 e. The number of hydrogen-bond acceptors (Lipinski definition) is 5. The topological polar surface area (TPSA) is 54.2 Å². The van der Waals surface area contributed by atoms with Gasteiger partial charge in [-0.2, -0.15) is 4.98 Å². The summed E-state index contributed by atoms with van der Waals surface area (Å²) in [4.78, 5) is 6.43. The third kappa shape index (κ3) is 2.33. The van der Waals surface area contributed by atoms with Crippen molar-refractivity contribution in [1.29, 1.82) is 0 Å². The van der Waals surface area contributed by atoms with Crippen molar-refractivity contribution < 1.29 is 4.52 Å². The minimum atomic E-state index is 0.112. The first-order valence-corrected chi connectivity index (χ1v) is 6.63. The van der Waals surface area contributed by atoms with Crippen LogP contribution in [0.15, 0.2) is 28.8 Å². The van der Waals surface area contributed by atoms with Crippen LogP contribution in [0.25, 0.3) is 0 Å². The van der Waals surface area contributed by atoms with Crippen LogP contribution in [0.3, 0.4) is 0 Å². The Balaban J connectivity index is 1.79. The summed E-state index contributed by atoms with van der Waals surface area (Å²) in [6.45, 7) is 3.77. The van der Waals surface area contributed by atoms with Crippen molar-refractivity contribution in [3.63, 3.8) is 0 Å². The molecule has 5 heteroatoms. The molecule has 100 valence electrons. The van der Waals surface area contributed by atoms with Gasteiger partial charge in [0.25, 0.3) is 5.95 Å². The molecule has 0 aliphatic carbocycles. The second-order valence-corrected chi connectivity index (χ2v) is 4.85. The Bertz CT molecular complexity index is 566. The second kappa shape index (κ2) is 5.01. The van der Waals surface area contributed by atoms with Crippen molar-refractivity contribution in [1.82, 2.24) is 15.5 Å². The van der Waals surface area contributed by atoms with Crippen LogP contribution in [0.2, 0.25) is 0 Å². The molecule has 0 saturated heterocycles. The molecule has 0 saturated carbocycles. The third-order valence-electron chi connectivity index (χ3n) is 3.63. The zero-order valence-electron chi connectivity index (χ0n) is 11.3. The van der Waals surface area contributed by atoms with Crippen LogP contribution in [0, 0.1) is 0 Å². The van der Waals surface area contributed by atoms with Crippen LogP contribution in [-0.4, -0.2) is 23.7 Å². The second-order valence-electron chi connectivity index (χ2n) is 4.85. The van der Waals surface area contributed by atoms with E-state index in [-0.39, 0.29) is 6.04 Å². The van der Waals surface area contributed by atoms with Crippen LogP contribution in [0.5, 0.6) is 0 Å². The van der Waals surface area contributed by atoms with E-state index in [1.165, 1.54) is 11.1 Å². The third-order valence-corrected chi connectivity index (χ3v) is 3.63. The predicted molar refractivity (Wildman–Crippen MR) is 73.0 cm³/mol. The van der Waals surface area contributed by atoms with Gasteiger partial charge in [-0.25, -0.2) is 0 Å². The monoisotopic (exact) mass is 258 g/mol. The molecule has 0 fully saturated rings. The maximum absolute atomic E-state index is 5.38. The summed E-state index contributed by atoms with van der Waals surface area (Å²) in [5.74, 6) is 1.32. The van der Waals surface area contributed by atoms with Gasteiger partial charge in [0.2, 0.25) is 5.89 Å². The Kier molecular flexibility index (Phi) is 3.21. The number of nitrogens with zero attached hydrogens (tertiary/aromatic N) is 3. The van der Waals surface area contributed by atoms with Gasteiger partial charge in [-0.3, -0.25) is 0 Å². The first-order valence-electron chi connectivity index (χ1n) is 6.63. The Morgan fingerprint density at radius 1 is 1.37 bits per heavy atom. The highest BCUT2D eigenvalue weighted by Crippen LogP contribution is 2.25. The first-order chi connectivity index (χ1) is 9.28. The zero-order chi connectivity index (χ0) is 13.2. The van der Waals surface area contributed by atoms with Crippen molar-refractivity contribution in [2.45, 2.75) is 25.9 Å². The normalized spacial score (nSPS) is 18.1. The van der Waals surface area contributed by atoms with E-state index < -0.39 is 0 Å². The fourth-order valence-corrected chi connectivity index (χ4v) is 2.29. The molecule has 1 aliphatic heterocycles. The molecule has 19 heavy (non-hydrogen) atoms. The quantitative estimate of drug-likeness (QED) is 0.911. The van der Waals surface area contributed by atoms with Crippen molar-refractivity contribution in [3.8, 4) is 0 Å². The van der Waals surface area contributed by atoms with E-state index in [1.807, 2.05) is 11.9 Å². The lowest BCUT2D eigenvalue weighted by atomic mass is 9.96. The van der Waals surface area contributed by atoms with E-state index in [0.29, 0.717) is 11.8 Å². The molecule has 1 atom stereocenters. The molecule has 0 amide bonds. The molecule has 1 aliphatic rings. The molecule has 1 aromatic heterocycles. The summed E-state index contributed by atoms with van der Waals surface area (Å²) in [6.07, 6.45) is 0.896. The van der Waals surface area contributed by atoms with Gasteiger partial charge in [-0.15, -0.1) is 0 Å². The van der Waals surface area contributed by atoms with Crippen LogP contribution >= 0.6 is 0 Å². The SMILES string of the molecule is CCN(C)c1noc(C2Cc3ccccc3CN2)n1. The minimum Gasteiger partial charge on any atom is -0.342 e. The van der Waals surface area contributed by atoms with E-state index in [2.05, 4.69) is 46.6 Å². The maximum atomic E-state index is 5.38. The summed E-state index contributed by atoms with van der Waals surface area (Å²) >= 11 is 0. The van der Waals surface area contributed by atoms with Gasteiger partial charge in [0.05, 0.1) is 6.04 Å². The molecule has 3 rings (SSSR count). The molecule has 5 nitrogen and oxygen atoms in total. The highest BCUT2D eigenvalue weighted by molar-refractivity contribution is 5.31. The number of rotatable bonds is 3. The van der Waals surface area contributed by atoms with Crippen molar-refractivity contribution in [2.75, 3.05) is 18.5 Å². The largest absolute Gasteiger partial charge is 0.342 e. The maximum Gasteiger partial charge on any atom is 0.265 e. The standard InChI is InChI=1S/C14H18N4O/c1-3-18(2)14-16-13(19-17-14)12-8-10-6-4-5-7-11(10)9-15-12/h4-7,12,15H,3,8-9H2,1-2H3. The summed E-state index contributed by atoms with van der Waals surface area (Å²) in [7, 11) is 1.96. The molecule has 0 spiro atoms. The van der Waals surface area contributed by atoms with Gasteiger partial charge in [0, 0.05) is 20.1 Å². The molecular formula is C14H18N4O. The summed E-state index contributed by atoms with van der Waals surface area (Å²) in [5, 5.41) is 7.47. The minimum absolute atomic E-state index is 0.112. The Morgan fingerprint density at radius 2 is 2.16 bits per heavy atom. The Morgan fingerprint density at radius 3 is 2.95 bits per heavy atom. The molecule has 0 radical (unpaired) electrons. The molecular weight excluding hydrogens is 240 g/mol. The summed E-state index contributed by atoms with van der Waals surface area (Å²) in [6, 6.07) is 8.58. The summed E-state index contributed by atoms with van der Waals surface area (Å²) < 4.78 is 5.38. The van der Waals surface area contributed by atoms with Gasteiger partial charge in [0.15, 0.2) is 0 Å². The van der Waals surface area contributed by atoms with Crippen molar-refractivity contribution in [2.24, 2.45) is 0 Å². The highest BCUT2D eigenvalue weighted by Gasteiger charge is 2.24. The average Bonchev–Trinajstić information content (AvgIpc) is 2.95. The predicted octanol–water partition coefficient (Wildman–Crippen LogP) is 1.91. The first kappa shape index (κ1) is 12.2. The lowest BCUT2D eigenvalue weighted by Gasteiger charge is -2.23. The molecule has 1 N–H and O–H groups in total. The molecule has 1 aromatic carbocycles. The van der Waals surface area contributed by atoms with Gasteiger partial charge in [0.1, 0.15) is 0 Å². The molecule has 0 bridgehead atoms. The molecule has 2 aromatic rings. The number of aromatic nitrogens is 2. The van der Waals surface area contributed by atoms with Gasteiger partial charge in [-0.05, 0) is 29.6 Å². The van der Waals surface area contributed by atoms with Crippen molar-refractivity contribution >= 4 is 5.95 Å². The average molecular weight is 258 g/mol. The fourth-order valence-electron chi connectivity index (χ4n) is 2.29. The molecule has 1 unspecified atom stereocenters. The van der Waals surface area contributed by atoms with Gasteiger partial charge < -0.3 is 14.7 Å². The van der Waals surface area contributed by atoms with E-state index in [9.17, 15) is 0 Å².